The van der Waals surface area contributed by atoms with Crippen LogP contribution >= 0.6 is 0 Å². The number of ether oxygens (including phenoxy) is 1. The lowest BCUT2D eigenvalue weighted by molar-refractivity contribution is -0.116. The van der Waals surface area contributed by atoms with Gasteiger partial charge in [0.15, 0.2) is 5.96 Å². The highest BCUT2D eigenvalue weighted by Crippen LogP contribution is 2.12. The number of nitrogens with zero attached hydrogens (tertiary/aromatic N) is 2. The fourth-order valence-electron chi connectivity index (χ4n) is 3.05. The number of carbonyl (C=O) groups excluding carboxylic acids is 1. The van der Waals surface area contributed by atoms with E-state index in [0.29, 0.717) is 18.9 Å². The van der Waals surface area contributed by atoms with Gasteiger partial charge < -0.3 is 20.7 Å². The van der Waals surface area contributed by atoms with E-state index in [2.05, 4.69) is 46.6 Å². The van der Waals surface area contributed by atoms with Crippen molar-refractivity contribution in [3.05, 3.63) is 29.8 Å². The molecule has 1 heterocycles. The summed E-state index contributed by atoms with van der Waals surface area (Å²) in [6.07, 6.45) is 1.60. The quantitative estimate of drug-likeness (QED) is 0.413. The van der Waals surface area contributed by atoms with Crippen molar-refractivity contribution in [1.82, 2.24) is 15.5 Å². The van der Waals surface area contributed by atoms with Crippen LogP contribution in [-0.2, 0) is 16.1 Å². The zero-order valence-corrected chi connectivity index (χ0v) is 18.2. The van der Waals surface area contributed by atoms with Crippen molar-refractivity contribution in [3.63, 3.8) is 0 Å². The van der Waals surface area contributed by atoms with E-state index in [1.54, 1.807) is 0 Å². The first-order valence-corrected chi connectivity index (χ1v) is 10.8. The van der Waals surface area contributed by atoms with Crippen LogP contribution in [0.5, 0.6) is 0 Å². The van der Waals surface area contributed by atoms with Gasteiger partial charge in [0, 0.05) is 44.8 Å². The van der Waals surface area contributed by atoms with Gasteiger partial charge >= 0.3 is 0 Å². The number of guanidine groups is 1. The van der Waals surface area contributed by atoms with Crippen molar-refractivity contribution < 1.29 is 9.53 Å². The summed E-state index contributed by atoms with van der Waals surface area (Å²) < 4.78 is 5.34. The molecule has 0 saturated carbocycles. The number of carbonyl (C=O) groups is 1. The van der Waals surface area contributed by atoms with Gasteiger partial charge in [-0.05, 0) is 37.0 Å². The number of morpholine rings is 1. The van der Waals surface area contributed by atoms with Crippen LogP contribution in [0.25, 0.3) is 0 Å². The second-order valence-electron chi connectivity index (χ2n) is 7.76. The molecule has 29 heavy (non-hydrogen) atoms. The molecule has 0 radical (unpaired) electrons. The average Bonchev–Trinajstić information content (AvgIpc) is 2.71. The molecule has 1 fully saturated rings. The van der Waals surface area contributed by atoms with E-state index in [9.17, 15) is 4.79 Å². The van der Waals surface area contributed by atoms with E-state index in [0.717, 1.165) is 69.6 Å². The Balaban J connectivity index is 1.82. The highest BCUT2D eigenvalue weighted by molar-refractivity contribution is 5.90. The zero-order valence-electron chi connectivity index (χ0n) is 18.2. The fraction of sp³-hybridized carbons (Fsp3) is 0.636. The van der Waals surface area contributed by atoms with Crippen molar-refractivity contribution in [1.29, 1.82) is 0 Å². The third-order valence-electron chi connectivity index (χ3n) is 4.75. The van der Waals surface area contributed by atoms with Gasteiger partial charge in [-0.15, -0.1) is 0 Å². The summed E-state index contributed by atoms with van der Waals surface area (Å²) in [7, 11) is 0. The topological polar surface area (TPSA) is 78.0 Å². The Hall–Kier alpha value is -2.12. The molecule has 162 valence electrons. The third kappa shape index (κ3) is 9.76. The van der Waals surface area contributed by atoms with Gasteiger partial charge in [0.2, 0.25) is 5.91 Å². The van der Waals surface area contributed by atoms with Crippen LogP contribution in [0.15, 0.2) is 29.3 Å². The number of aliphatic imine (C=N–C) groups is 1. The van der Waals surface area contributed by atoms with Crippen LogP contribution in [0.1, 0.15) is 39.2 Å². The fourth-order valence-corrected chi connectivity index (χ4v) is 3.05. The largest absolute Gasteiger partial charge is 0.379 e. The molecule has 7 nitrogen and oxygen atoms in total. The van der Waals surface area contributed by atoms with Crippen molar-refractivity contribution >= 4 is 17.6 Å². The molecule has 3 N–H and O–H groups in total. The molecule has 1 saturated heterocycles. The zero-order chi connectivity index (χ0) is 20.9. The SMILES string of the molecule is CCNC(=NCc1cccc(NC(=O)CCN2CCOCC2)c1)NCCC(C)C. The summed E-state index contributed by atoms with van der Waals surface area (Å²) in [5.74, 6) is 1.53. The molecule has 1 amide bonds. The van der Waals surface area contributed by atoms with Crippen molar-refractivity contribution in [2.45, 2.75) is 40.2 Å². The number of benzene rings is 1. The predicted octanol–water partition coefficient (Wildman–Crippen LogP) is 2.45. The van der Waals surface area contributed by atoms with E-state index in [-0.39, 0.29) is 5.91 Å². The van der Waals surface area contributed by atoms with Gasteiger partial charge in [-0.3, -0.25) is 9.69 Å². The van der Waals surface area contributed by atoms with Crippen LogP contribution in [0.3, 0.4) is 0 Å². The number of rotatable bonds is 10. The van der Waals surface area contributed by atoms with Gasteiger partial charge in [-0.1, -0.05) is 26.0 Å². The van der Waals surface area contributed by atoms with E-state index in [4.69, 9.17) is 4.74 Å². The lowest BCUT2D eigenvalue weighted by Gasteiger charge is -2.26. The third-order valence-corrected chi connectivity index (χ3v) is 4.75. The molecule has 1 aromatic carbocycles. The smallest absolute Gasteiger partial charge is 0.225 e. The second kappa shape index (κ2) is 13.2. The summed E-state index contributed by atoms with van der Waals surface area (Å²) in [4.78, 5) is 19.2. The minimum atomic E-state index is 0.0424. The monoisotopic (exact) mass is 403 g/mol. The summed E-state index contributed by atoms with van der Waals surface area (Å²) in [5.41, 5.74) is 1.89. The van der Waals surface area contributed by atoms with Crippen LogP contribution in [0.2, 0.25) is 0 Å². The highest BCUT2D eigenvalue weighted by atomic mass is 16.5. The molecule has 7 heteroatoms. The Morgan fingerprint density at radius 2 is 2.03 bits per heavy atom. The first-order chi connectivity index (χ1) is 14.1. The summed E-state index contributed by atoms with van der Waals surface area (Å²) in [6, 6.07) is 7.91. The second-order valence-corrected chi connectivity index (χ2v) is 7.76. The standard InChI is InChI=1S/C22H37N5O2/c1-4-23-22(24-10-8-18(2)3)25-17-19-6-5-7-20(16-19)26-21(28)9-11-27-12-14-29-15-13-27/h5-7,16,18H,4,8-15,17H2,1-3H3,(H,26,28)(H2,23,24,25). The minimum Gasteiger partial charge on any atom is -0.379 e. The lowest BCUT2D eigenvalue weighted by atomic mass is 10.1. The Morgan fingerprint density at radius 3 is 2.76 bits per heavy atom. The molecule has 1 aliphatic heterocycles. The molecule has 0 bridgehead atoms. The Morgan fingerprint density at radius 1 is 1.24 bits per heavy atom. The first-order valence-electron chi connectivity index (χ1n) is 10.8. The molecule has 2 rings (SSSR count). The minimum absolute atomic E-state index is 0.0424. The molecule has 1 aromatic rings. The number of nitrogens with one attached hydrogen (secondary N) is 3. The van der Waals surface area contributed by atoms with Gasteiger partial charge in [-0.2, -0.15) is 0 Å². The van der Waals surface area contributed by atoms with Crippen LogP contribution in [0, 0.1) is 5.92 Å². The van der Waals surface area contributed by atoms with Crippen LogP contribution in [-0.4, -0.2) is 62.7 Å². The molecule has 1 aliphatic rings. The average molecular weight is 404 g/mol. The highest BCUT2D eigenvalue weighted by Gasteiger charge is 2.12. The Bertz CT molecular complexity index is 642. The molecule has 0 aromatic heterocycles. The number of hydrogen-bond acceptors (Lipinski definition) is 4. The van der Waals surface area contributed by atoms with E-state index < -0.39 is 0 Å². The lowest BCUT2D eigenvalue weighted by Crippen LogP contribution is -2.38. The van der Waals surface area contributed by atoms with E-state index >= 15 is 0 Å². The number of hydrogen-bond donors (Lipinski definition) is 3. The maximum Gasteiger partial charge on any atom is 0.225 e. The molecular formula is C22H37N5O2. The number of amides is 1. The van der Waals surface area contributed by atoms with Crippen LogP contribution in [0.4, 0.5) is 5.69 Å². The van der Waals surface area contributed by atoms with Gasteiger partial charge in [-0.25, -0.2) is 4.99 Å². The Labute approximate surface area is 175 Å². The predicted molar refractivity (Wildman–Crippen MR) is 119 cm³/mol. The molecule has 0 unspecified atom stereocenters. The summed E-state index contributed by atoms with van der Waals surface area (Å²) >= 11 is 0. The van der Waals surface area contributed by atoms with Gasteiger partial charge in [0.25, 0.3) is 0 Å². The van der Waals surface area contributed by atoms with E-state index in [1.165, 1.54) is 0 Å². The summed E-state index contributed by atoms with van der Waals surface area (Å²) in [6.45, 7) is 12.9. The summed E-state index contributed by atoms with van der Waals surface area (Å²) in [5, 5.41) is 9.65. The Kier molecular flexibility index (Phi) is 10.5. The van der Waals surface area contributed by atoms with Crippen molar-refractivity contribution in [2.24, 2.45) is 10.9 Å². The van der Waals surface area contributed by atoms with E-state index in [1.807, 2.05) is 24.3 Å². The molecule has 0 atom stereocenters. The maximum atomic E-state index is 12.3. The number of anilines is 1. The van der Waals surface area contributed by atoms with Gasteiger partial charge in [0.1, 0.15) is 0 Å². The first kappa shape index (κ1) is 23.2. The molecule has 0 aliphatic carbocycles. The van der Waals surface area contributed by atoms with Crippen molar-refractivity contribution in [2.75, 3.05) is 51.3 Å². The maximum absolute atomic E-state index is 12.3. The molecular weight excluding hydrogens is 366 g/mol. The normalized spacial score (nSPS) is 15.4. The van der Waals surface area contributed by atoms with Crippen LogP contribution < -0.4 is 16.0 Å². The van der Waals surface area contributed by atoms with Gasteiger partial charge in [0.05, 0.1) is 19.8 Å². The molecule has 0 spiro atoms. The van der Waals surface area contributed by atoms with Crippen molar-refractivity contribution in [3.8, 4) is 0 Å².